The summed E-state index contributed by atoms with van der Waals surface area (Å²) >= 11 is 0. The standard InChI is InChI=1S/C6H12O6.Na.H/c7-1-2-3(8)4(9)5(10)6(11)12-2;;/h2-11H,1H2;;/t2-,3-,4+,5+,6?;;/m1../s1. The molecule has 0 aliphatic carbocycles. The van der Waals surface area contributed by atoms with Crippen molar-refractivity contribution in [2.45, 2.75) is 30.7 Å². The van der Waals surface area contributed by atoms with Gasteiger partial charge < -0.3 is 30.3 Å². The van der Waals surface area contributed by atoms with Crippen molar-refractivity contribution in [2.75, 3.05) is 6.61 Å². The number of aliphatic hydroxyl groups excluding tert-OH is 5. The van der Waals surface area contributed by atoms with Crippen LogP contribution in [0.3, 0.4) is 0 Å². The summed E-state index contributed by atoms with van der Waals surface area (Å²) in [5.41, 5.74) is 0. The third-order valence-corrected chi connectivity index (χ3v) is 1.87. The van der Waals surface area contributed by atoms with E-state index >= 15 is 0 Å². The van der Waals surface area contributed by atoms with Crippen LogP contribution in [0.1, 0.15) is 0 Å². The fraction of sp³-hybridized carbons (Fsp3) is 1.00. The van der Waals surface area contributed by atoms with Gasteiger partial charge in [-0.15, -0.1) is 0 Å². The van der Waals surface area contributed by atoms with E-state index in [-0.39, 0.29) is 29.6 Å². The zero-order valence-electron chi connectivity index (χ0n) is 6.24. The Kier molecular flexibility index (Phi) is 5.92. The molecule has 5 atom stereocenters. The molecule has 74 valence electrons. The Morgan fingerprint density at radius 1 is 0.923 bits per heavy atom. The van der Waals surface area contributed by atoms with Gasteiger partial charge in [0.05, 0.1) is 6.61 Å². The first-order valence-corrected chi connectivity index (χ1v) is 3.56. The van der Waals surface area contributed by atoms with E-state index in [0.29, 0.717) is 0 Å². The Labute approximate surface area is 97.1 Å². The Morgan fingerprint density at radius 2 is 1.46 bits per heavy atom. The summed E-state index contributed by atoms with van der Waals surface area (Å²) in [6.45, 7) is -0.526. The Hall–Kier alpha value is 0.760. The second-order valence-electron chi connectivity index (χ2n) is 2.72. The van der Waals surface area contributed by atoms with Gasteiger partial charge in [-0.05, 0) is 0 Å². The Morgan fingerprint density at radius 3 is 1.92 bits per heavy atom. The van der Waals surface area contributed by atoms with Crippen molar-refractivity contribution in [3.63, 3.8) is 0 Å². The molecule has 0 aromatic heterocycles. The van der Waals surface area contributed by atoms with Gasteiger partial charge in [0.15, 0.2) is 6.29 Å². The normalized spacial score (nSPS) is 45.5. The Bertz CT molecular complexity index is 151. The van der Waals surface area contributed by atoms with Crippen LogP contribution in [0.4, 0.5) is 0 Å². The van der Waals surface area contributed by atoms with Crippen molar-refractivity contribution in [2.24, 2.45) is 0 Å². The van der Waals surface area contributed by atoms with Crippen LogP contribution < -0.4 is 0 Å². The SMILES string of the molecule is OC[C@H]1OC(O)[C@@H](O)[C@@H](O)[C@@H]1O.[NaH]. The van der Waals surface area contributed by atoms with Crippen LogP contribution in [0.5, 0.6) is 0 Å². The van der Waals surface area contributed by atoms with Crippen LogP contribution in [-0.2, 0) is 4.74 Å². The summed E-state index contributed by atoms with van der Waals surface area (Å²) < 4.78 is 4.58. The molecule has 0 spiro atoms. The first-order valence-electron chi connectivity index (χ1n) is 3.56. The molecule has 1 rings (SSSR count). The Balaban J connectivity index is 0.00000144. The number of hydrogen-bond donors (Lipinski definition) is 5. The molecule has 6 nitrogen and oxygen atoms in total. The summed E-state index contributed by atoms with van der Waals surface area (Å²) in [5.74, 6) is 0. The van der Waals surface area contributed by atoms with Crippen LogP contribution in [0, 0.1) is 0 Å². The molecule has 0 aromatic carbocycles. The summed E-state index contributed by atoms with van der Waals surface area (Å²) in [4.78, 5) is 0. The van der Waals surface area contributed by atoms with Crippen LogP contribution in [0.2, 0.25) is 0 Å². The molecule has 1 unspecified atom stereocenters. The van der Waals surface area contributed by atoms with Crippen molar-refractivity contribution in [1.29, 1.82) is 0 Å². The molecule has 1 saturated heterocycles. The second-order valence-corrected chi connectivity index (χ2v) is 2.72. The van der Waals surface area contributed by atoms with Crippen molar-refractivity contribution >= 4 is 29.6 Å². The maximum atomic E-state index is 9.12. The summed E-state index contributed by atoms with van der Waals surface area (Å²) in [6.07, 6.45) is -7.04. The molecule has 1 aliphatic rings. The van der Waals surface area contributed by atoms with E-state index in [0.717, 1.165) is 0 Å². The molecular weight excluding hydrogens is 191 g/mol. The molecular formula is C6H13NaO6. The fourth-order valence-electron chi connectivity index (χ4n) is 1.08. The molecule has 13 heavy (non-hydrogen) atoms. The molecule has 0 aromatic rings. The molecule has 5 N–H and O–H groups in total. The predicted molar refractivity (Wildman–Crippen MR) is 43.1 cm³/mol. The fourth-order valence-corrected chi connectivity index (χ4v) is 1.08. The second kappa shape index (κ2) is 5.59. The predicted octanol–water partition coefficient (Wildman–Crippen LogP) is -3.87. The average molecular weight is 204 g/mol. The van der Waals surface area contributed by atoms with Crippen LogP contribution in [0.25, 0.3) is 0 Å². The van der Waals surface area contributed by atoms with Crippen LogP contribution >= 0.6 is 0 Å². The number of hydrogen-bond acceptors (Lipinski definition) is 6. The summed E-state index contributed by atoms with van der Waals surface area (Å²) in [5, 5.41) is 44.7. The first kappa shape index (κ1) is 13.8. The van der Waals surface area contributed by atoms with Gasteiger partial charge in [0.2, 0.25) is 0 Å². The molecule has 1 fully saturated rings. The van der Waals surface area contributed by atoms with Crippen LogP contribution in [-0.4, -0.2) is 92.4 Å². The average Bonchev–Trinajstić information content (AvgIpc) is 2.08. The van der Waals surface area contributed by atoms with Gasteiger partial charge in [-0.25, -0.2) is 0 Å². The van der Waals surface area contributed by atoms with Gasteiger partial charge >= 0.3 is 29.6 Å². The topological polar surface area (TPSA) is 110 Å². The van der Waals surface area contributed by atoms with E-state index in [1.54, 1.807) is 0 Å². The number of ether oxygens (including phenoxy) is 1. The quantitative estimate of drug-likeness (QED) is 0.279. The zero-order valence-corrected chi connectivity index (χ0v) is 6.24. The van der Waals surface area contributed by atoms with Crippen molar-refractivity contribution in [1.82, 2.24) is 0 Å². The minimum absolute atomic E-state index is 0. The van der Waals surface area contributed by atoms with E-state index in [1.165, 1.54) is 0 Å². The minimum atomic E-state index is -1.57. The van der Waals surface area contributed by atoms with Crippen molar-refractivity contribution < 1.29 is 30.3 Å². The molecule has 0 bridgehead atoms. The van der Waals surface area contributed by atoms with E-state index in [9.17, 15) is 0 Å². The molecule has 0 saturated carbocycles. The third-order valence-electron chi connectivity index (χ3n) is 1.87. The van der Waals surface area contributed by atoms with E-state index in [1.807, 2.05) is 0 Å². The molecule has 7 heteroatoms. The van der Waals surface area contributed by atoms with Crippen molar-refractivity contribution in [3.8, 4) is 0 Å². The first-order chi connectivity index (χ1) is 5.57. The monoisotopic (exact) mass is 204 g/mol. The third kappa shape index (κ3) is 2.85. The summed E-state index contributed by atoms with van der Waals surface area (Å²) in [6, 6.07) is 0. The van der Waals surface area contributed by atoms with E-state index < -0.39 is 37.3 Å². The zero-order chi connectivity index (χ0) is 9.30. The number of rotatable bonds is 1. The van der Waals surface area contributed by atoms with Gasteiger partial charge in [-0.3, -0.25) is 0 Å². The molecule has 1 heterocycles. The van der Waals surface area contributed by atoms with E-state index in [4.69, 9.17) is 25.5 Å². The maximum absolute atomic E-state index is 9.12. The van der Waals surface area contributed by atoms with Gasteiger partial charge in [0.25, 0.3) is 0 Å². The van der Waals surface area contributed by atoms with Gasteiger partial charge in [-0.1, -0.05) is 0 Å². The van der Waals surface area contributed by atoms with E-state index in [2.05, 4.69) is 4.74 Å². The number of aliphatic hydroxyl groups is 5. The molecule has 0 radical (unpaired) electrons. The van der Waals surface area contributed by atoms with Crippen molar-refractivity contribution in [3.05, 3.63) is 0 Å². The molecule has 0 amide bonds. The van der Waals surface area contributed by atoms with Gasteiger partial charge in [0.1, 0.15) is 24.4 Å². The van der Waals surface area contributed by atoms with Gasteiger partial charge in [-0.2, -0.15) is 0 Å². The molecule has 1 aliphatic heterocycles. The summed E-state index contributed by atoms with van der Waals surface area (Å²) in [7, 11) is 0. The van der Waals surface area contributed by atoms with Gasteiger partial charge in [0, 0.05) is 0 Å². The van der Waals surface area contributed by atoms with Crippen LogP contribution in [0.15, 0.2) is 0 Å².